The minimum atomic E-state index is -0.0284. The summed E-state index contributed by atoms with van der Waals surface area (Å²) >= 11 is 3.79. The summed E-state index contributed by atoms with van der Waals surface area (Å²) in [4.78, 5) is 25.1. The van der Waals surface area contributed by atoms with E-state index in [-0.39, 0.29) is 17.9 Å². The number of rotatable bonds is 2. The number of halogens is 1. The van der Waals surface area contributed by atoms with Crippen LogP contribution < -0.4 is 5.32 Å². The molecule has 2 heterocycles. The third-order valence-electron chi connectivity index (χ3n) is 2.93. The van der Waals surface area contributed by atoms with E-state index in [1.165, 1.54) is 6.92 Å². The Morgan fingerprint density at radius 2 is 2.33 bits per heavy atom. The van der Waals surface area contributed by atoms with Gasteiger partial charge in [-0.05, 0) is 41.5 Å². The number of piperidine rings is 1. The molecule has 0 aromatic carbocycles. The zero-order valence-corrected chi connectivity index (χ0v) is 13.1. The fraction of sp³-hybridized carbons (Fsp3) is 0.500. The SMILES string of the molecule is CC(=O)NC1CCCN(C(=O)c2csc(I)c2)C1. The van der Waals surface area contributed by atoms with Gasteiger partial charge in [0.25, 0.3) is 5.91 Å². The van der Waals surface area contributed by atoms with E-state index in [4.69, 9.17) is 0 Å². The van der Waals surface area contributed by atoms with Crippen LogP contribution in [0.4, 0.5) is 0 Å². The standard InChI is InChI=1S/C12H15IN2O2S/c1-8(16)14-10-3-2-4-15(6-10)12(17)9-5-11(13)18-7-9/h5,7,10H,2-4,6H2,1H3,(H,14,16). The molecular weight excluding hydrogens is 363 g/mol. The number of nitrogens with one attached hydrogen (secondary N) is 1. The maximum Gasteiger partial charge on any atom is 0.254 e. The monoisotopic (exact) mass is 378 g/mol. The molecule has 1 fully saturated rings. The van der Waals surface area contributed by atoms with Gasteiger partial charge in [0, 0.05) is 31.4 Å². The van der Waals surface area contributed by atoms with Crippen molar-refractivity contribution in [1.82, 2.24) is 10.2 Å². The van der Waals surface area contributed by atoms with Crippen LogP contribution in [-0.4, -0.2) is 35.8 Å². The number of hydrogen-bond acceptors (Lipinski definition) is 3. The lowest BCUT2D eigenvalue weighted by atomic mass is 10.0. The summed E-state index contributed by atoms with van der Waals surface area (Å²) in [7, 11) is 0. The molecule has 4 nitrogen and oxygen atoms in total. The van der Waals surface area contributed by atoms with Crippen LogP contribution in [0, 0.1) is 2.88 Å². The van der Waals surface area contributed by atoms with Gasteiger partial charge in [-0.3, -0.25) is 9.59 Å². The molecular formula is C12H15IN2O2S. The van der Waals surface area contributed by atoms with E-state index in [1.807, 2.05) is 16.3 Å². The number of thiophene rings is 1. The molecule has 18 heavy (non-hydrogen) atoms. The van der Waals surface area contributed by atoms with Crippen molar-refractivity contribution in [3.05, 3.63) is 19.9 Å². The van der Waals surface area contributed by atoms with E-state index in [9.17, 15) is 9.59 Å². The van der Waals surface area contributed by atoms with Gasteiger partial charge in [0.15, 0.2) is 0 Å². The molecule has 1 saturated heterocycles. The van der Waals surface area contributed by atoms with Crippen LogP contribution in [-0.2, 0) is 4.79 Å². The zero-order valence-electron chi connectivity index (χ0n) is 10.1. The minimum Gasteiger partial charge on any atom is -0.352 e. The first-order valence-electron chi connectivity index (χ1n) is 5.86. The van der Waals surface area contributed by atoms with Crippen LogP contribution >= 0.6 is 33.9 Å². The highest BCUT2D eigenvalue weighted by atomic mass is 127. The van der Waals surface area contributed by atoms with Gasteiger partial charge in [-0.1, -0.05) is 0 Å². The number of hydrogen-bond donors (Lipinski definition) is 1. The van der Waals surface area contributed by atoms with Gasteiger partial charge in [0.1, 0.15) is 0 Å². The number of likely N-dealkylation sites (tertiary alicyclic amines) is 1. The van der Waals surface area contributed by atoms with Gasteiger partial charge in [0.05, 0.1) is 8.45 Å². The molecule has 1 unspecified atom stereocenters. The molecule has 1 N–H and O–H groups in total. The van der Waals surface area contributed by atoms with Gasteiger partial charge in [-0.15, -0.1) is 11.3 Å². The lowest BCUT2D eigenvalue weighted by Crippen LogP contribution is -2.49. The summed E-state index contributed by atoms with van der Waals surface area (Å²) in [6.07, 6.45) is 1.89. The average molecular weight is 378 g/mol. The van der Waals surface area contributed by atoms with Crippen molar-refractivity contribution in [2.45, 2.75) is 25.8 Å². The van der Waals surface area contributed by atoms with Crippen LogP contribution in [0.3, 0.4) is 0 Å². The molecule has 1 aromatic heterocycles. The second kappa shape index (κ2) is 6.01. The summed E-state index contributed by atoms with van der Waals surface area (Å²) in [5.41, 5.74) is 0.757. The predicted octanol–water partition coefficient (Wildman–Crippen LogP) is 2.09. The summed E-state index contributed by atoms with van der Waals surface area (Å²) in [5, 5.41) is 4.79. The lowest BCUT2D eigenvalue weighted by molar-refractivity contribution is -0.120. The van der Waals surface area contributed by atoms with E-state index in [2.05, 4.69) is 27.9 Å². The molecule has 0 spiro atoms. The van der Waals surface area contributed by atoms with E-state index in [0.29, 0.717) is 6.54 Å². The molecule has 6 heteroatoms. The van der Waals surface area contributed by atoms with Crippen LogP contribution in [0.1, 0.15) is 30.1 Å². The highest BCUT2D eigenvalue weighted by Crippen LogP contribution is 2.20. The van der Waals surface area contributed by atoms with Gasteiger partial charge in [0.2, 0.25) is 5.91 Å². The largest absolute Gasteiger partial charge is 0.352 e. The molecule has 2 amide bonds. The predicted molar refractivity (Wildman–Crippen MR) is 79.8 cm³/mol. The van der Waals surface area contributed by atoms with Crippen LogP contribution in [0.15, 0.2) is 11.4 Å². The Hall–Kier alpha value is -0.630. The summed E-state index contributed by atoms with van der Waals surface area (Å²) in [6, 6.07) is 2.01. The normalized spacial score (nSPS) is 19.7. The molecule has 0 radical (unpaired) electrons. The quantitative estimate of drug-likeness (QED) is 0.802. The van der Waals surface area contributed by atoms with Crippen LogP contribution in [0.2, 0.25) is 0 Å². The highest BCUT2D eigenvalue weighted by Gasteiger charge is 2.25. The Balaban J connectivity index is 2.00. The Labute approximate surface area is 124 Å². The topological polar surface area (TPSA) is 49.4 Å². The third-order valence-corrected chi connectivity index (χ3v) is 4.72. The van der Waals surface area contributed by atoms with E-state index in [1.54, 1.807) is 11.3 Å². The summed E-state index contributed by atoms with van der Waals surface area (Å²) in [5.74, 6) is 0.0450. The number of amides is 2. The molecule has 1 aromatic rings. The number of carbonyl (C=O) groups excluding carboxylic acids is 2. The van der Waals surface area contributed by atoms with Crippen molar-refractivity contribution in [2.75, 3.05) is 13.1 Å². The summed E-state index contributed by atoms with van der Waals surface area (Å²) in [6.45, 7) is 2.91. The van der Waals surface area contributed by atoms with Gasteiger partial charge in [-0.25, -0.2) is 0 Å². The maximum atomic E-state index is 12.3. The second-order valence-corrected chi connectivity index (χ2v) is 7.24. The van der Waals surface area contributed by atoms with E-state index < -0.39 is 0 Å². The van der Waals surface area contributed by atoms with Crippen molar-refractivity contribution in [3.63, 3.8) is 0 Å². The fourth-order valence-electron chi connectivity index (χ4n) is 2.17. The van der Waals surface area contributed by atoms with Crippen molar-refractivity contribution >= 4 is 45.7 Å². The number of nitrogens with zero attached hydrogens (tertiary/aromatic N) is 1. The molecule has 2 rings (SSSR count). The zero-order chi connectivity index (χ0) is 13.1. The first kappa shape index (κ1) is 13.8. The van der Waals surface area contributed by atoms with Crippen LogP contribution in [0.25, 0.3) is 0 Å². The van der Waals surface area contributed by atoms with Crippen molar-refractivity contribution in [2.24, 2.45) is 0 Å². The maximum absolute atomic E-state index is 12.3. The highest BCUT2D eigenvalue weighted by molar-refractivity contribution is 14.1. The second-order valence-electron chi connectivity index (χ2n) is 4.43. The van der Waals surface area contributed by atoms with Crippen molar-refractivity contribution in [1.29, 1.82) is 0 Å². The molecule has 0 saturated carbocycles. The number of carbonyl (C=O) groups is 2. The molecule has 1 atom stereocenters. The Morgan fingerprint density at radius 3 is 2.94 bits per heavy atom. The molecule has 0 bridgehead atoms. The third kappa shape index (κ3) is 3.44. The average Bonchev–Trinajstić information content (AvgIpc) is 2.74. The van der Waals surface area contributed by atoms with Crippen molar-refractivity contribution in [3.8, 4) is 0 Å². The fourth-order valence-corrected chi connectivity index (χ4v) is 3.49. The smallest absolute Gasteiger partial charge is 0.254 e. The van der Waals surface area contributed by atoms with Gasteiger partial charge >= 0.3 is 0 Å². The molecule has 1 aliphatic heterocycles. The van der Waals surface area contributed by atoms with Crippen molar-refractivity contribution < 1.29 is 9.59 Å². The molecule has 1 aliphatic rings. The molecule has 0 aliphatic carbocycles. The van der Waals surface area contributed by atoms with Gasteiger partial charge in [-0.2, -0.15) is 0 Å². The Bertz CT molecular complexity index is 461. The van der Waals surface area contributed by atoms with E-state index in [0.717, 1.165) is 27.8 Å². The summed E-state index contributed by atoms with van der Waals surface area (Å²) < 4.78 is 1.12. The van der Waals surface area contributed by atoms with E-state index >= 15 is 0 Å². The minimum absolute atomic E-state index is 0.0284. The van der Waals surface area contributed by atoms with Gasteiger partial charge < -0.3 is 10.2 Å². The Morgan fingerprint density at radius 1 is 1.56 bits per heavy atom. The Kier molecular flexibility index (Phi) is 4.60. The molecule has 98 valence electrons. The first-order chi connectivity index (χ1) is 8.56. The van der Waals surface area contributed by atoms with Crippen LogP contribution in [0.5, 0.6) is 0 Å². The lowest BCUT2D eigenvalue weighted by Gasteiger charge is -2.32. The first-order valence-corrected chi connectivity index (χ1v) is 7.82.